The molecule has 3 fully saturated rings. The third-order valence-electron chi connectivity index (χ3n) is 7.62. The van der Waals surface area contributed by atoms with Gasteiger partial charge in [0, 0.05) is 14.7 Å². The summed E-state index contributed by atoms with van der Waals surface area (Å²) in [5.74, 6) is -0.592. The lowest BCUT2D eigenvalue weighted by atomic mass is 9.93. The van der Waals surface area contributed by atoms with E-state index in [9.17, 15) is 20.3 Å². The van der Waals surface area contributed by atoms with E-state index in [1.54, 1.807) is 0 Å². The first-order valence-corrected chi connectivity index (χ1v) is 13.8. The van der Waals surface area contributed by atoms with Crippen LogP contribution in [0.25, 0.3) is 22.3 Å². The monoisotopic (exact) mass is 607 g/mol. The summed E-state index contributed by atoms with van der Waals surface area (Å²) >= 11 is 0. The number of aliphatic hydroxyl groups excluding tert-OH is 2. The molecule has 0 saturated carbocycles. The van der Waals surface area contributed by atoms with Gasteiger partial charge in [0.25, 0.3) is 5.56 Å². The minimum atomic E-state index is -1.29. The summed E-state index contributed by atoms with van der Waals surface area (Å²) < 4.78 is 26.5. The molecular formula is C21H26N11O9P. The fourth-order valence-electron chi connectivity index (χ4n) is 5.56. The average molecular weight is 607 g/mol. The zero-order valence-electron chi connectivity index (χ0n) is 21.5. The maximum Gasteiger partial charge on any atom is 0.280 e. The van der Waals surface area contributed by atoms with Gasteiger partial charge in [0.2, 0.25) is 5.95 Å². The number of anilines is 2. The molecular weight excluding hydrogens is 581 g/mol. The van der Waals surface area contributed by atoms with Crippen molar-refractivity contribution in [2.24, 2.45) is 5.92 Å². The van der Waals surface area contributed by atoms with Gasteiger partial charge in [0.1, 0.15) is 24.6 Å². The highest BCUT2D eigenvalue weighted by molar-refractivity contribution is 7.32. The van der Waals surface area contributed by atoms with Crippen LogP contribution in [0.5, 0.6) is 0 Å². The Morgan fingerprint density at radius 3 is 2.81 bits per heavy atom. The molecule has 4 aromatic rings. The topological polar surface area (TPSA) is 279 Å². The number of nitrogens with zero attached hydrogens (tertiary/aromatic N) is 8. The molecule has 2 unspecified atom stereocenters. The van der Waals surface area contributed by atoms with Gasteiger partial charge < -0.3 is 40.4 Å². The maximum atomic E-state index is 12.1. The first-order valence-electron chi connectivity index (χ1n) is 12.8. The third kappa shape index (κ3) is 4.48. The highest BCUT2D eigenvalue weighted by Gasteiger charge is 2.50. The lowest BCUT2D eigenvalue weighted by Crippen LogP contribution is -2.38. The first-order chi connectivity index (χ1) is 20.3. The zero-order valence-corrected chi connectivity index (χ0v) is 22.5. The number of imidazole rings is 1. The largest absolute Gasteiger partial charge is 0.388 e. The second kappa shape index (κ2) is 10.7. The number of aromatic amines is 1. The van der Waals surface area contributed by atoms with E-state index >= 15 is 0 Å². The highest BCUT2D eigenvalue weighted by atomic mass is 31.1. The van der Waals surface area contributed by atoms with Crippen LogP contribution in [-0.2, 0) is 23.6 Å². The van der Waals surface area contributed by atoms with Crippen molar-refractivity contribution < 1.29 is 39.1 Å². The van der Waals surface area contributed by atoms with Crippen molar-refractivity contribution in [3.63, 3.8) is 0 Å². The number of aromatic nitrogens is 9. The van der Waals surface area contributed by atoms with E-state index in [1.807, 2.05) is 0 Å². The first kappa shape index (κ1) is 27.4. The number of fused-ring (bicyclic) bond motifs is 3. The van der Waals surface area contributed by atoms with Crippen molar-refractivity contribution in [3.05, 3.63) is 23.0 Å². The Hall–Kier alpha value is -3.46. The number of H-pyrrole nitrogens is 1. The van der Waals surface area contributed by atoms with Gasteiger partial charge >= 0.3 is 0 Å². The summed E-state index contributed by atoms with van der Waals surface area (Å²) in [7, 11) is -0.169. The Morgan fingerprint density at radius 1 is 1.12 bits per heavy atom. The molecule has 0 aliphatic carbocycles. The van der Waals surface area contributed by atoms with Crippen molar-refractivity contribution in [3.8, 4) is 0 Å². The number of nitrogens with two attached hydrogens (primary N) is 2. The van der Waals surface area contributed by atoms with E-state index in [-0.39, 0.29) is 62.8 Å². The summed E-state index contributed by atoms with van der Waals surface area (Å²) in [6.45, 7) is 0.150. The second-order valence-corrected chi connectivity index (χ2v) is 11.2. The second-order valence-electron chi connectivity index (χ2n) is 10.1. The predicted octanol–water partition coefficient (Wildman–Crippen LogP) is -2.13. The molecule has 10 atom stereocenters. The Labute approximate surface area is 235 Å². The molecule has 20 nitrogen and oxygen atoms in total. The molecule has 21 heteroatoms. The number of rotatable bonds is 7. The molecule has 8 N–H and O–H groups in total. The summed E-state index contributed by atoms with van der Waals surface area (Å²) in [5.41, 5.74) is 11.7. The summed E-state index contributed by atoms with van der Waals surface area (Å²) in [6, 6.07) is 0. The fraction of sp³-hybridized carbons (Fsp3) is 0.571. The molecule has 0 radical (unpaired) electrons. The Morgan fingerprint density at radius 2 is 1.98 bits per heavy atom. The molecule has 3 aliphatic rings. The van der Waals surface area contributed by atoms with Crippen LogP contribution in [0.1, 0.15) is 18.9 Å². The SMILES string of the molecule is Nc1nc2c(ncn2[C@@H]2O[C@H](COPC3C[C@H]4[C@@H](O)[C@H](n5nnc6c(N)ncnc65)O[C@@H]4CO3)[C@@H](O)[C@H]2OO)c(=O)[nH]1. The zero-order chi connectivity index (χ0) is 29.1. The van der Waals surface area contributed by atoms with Crippen molar-refractivity contribution in [1.29, 1.82) is 0 Å². The Bertz CT molecular complexity index is 1670. The van der Waals surface area contributed by atoms with Gasteiger partial charge in [-0.05, 0) is 6.42 Å². The van der Waals surface area contributed by atoms with Crippen LogP contribution in [-0.4, -0.2) is 110 Å². The van der Waals surface area contributed by atoms with Gasteiger partial charge in [-0.25, -0.2) is 19.8 Å². The van der Waals surface area contributed by atoms with E-state index < -0.39 is 42.4 Å². The standard InChI is InChI=1S/C21H26N11O9P/c22-15-10-16(25-4-24-15)32(30-29-10)19-12(33)6-1-9(37-2-7(6)39-19)42-38-3-8-13(34)14(41-36)20(40-8)31-5-26-11-17(31)27-21(23)28-18(11)35/h4-9,12-14,19-20,33-34,36,42H,1-3H2,(H2,22,24,25)(H3,23,27,28,35)/t6-,7-,8-,9?,12-,13-,14-,19-,20-/m1/s1. The van der Waals surface area contributed by atoms with Crippen molar-refractivity contribution in [2.45, 2.75) is 55.2 Å². The average Bonchev–Trinajstić information content (AvgIpc) is 3.73. The highest BCUT2D eigenvalue weighted by Crippen LogP contribution is 2.44. The summed E-state index contributed by atoms with van der Waals surface area (Å²) in [4.78, 5) is 35.2. The van der Waals surface area contributed by atoms with E-state index in [4.69, 9.17) is 30.2 Å². The molecule has 224 valence electrons. The number of ether oxygens (including phenoxy) is 3. The van der Waals surface area contributed by atoms with Crippen molar-refractivity contribution in [2.75, 3.05) is 24.7 Å². The van der Waals surface area contributed by atoms with Crippen LogP contribution in [0.15, 0.2) is 17.4 Å². The number of hydrogen-bond acceptors (Lipinski definition) is 17. The maximum absolute atomic E-state index is 12.1. The van der Waals surface area contributed by atoms with Gasteiger partial charge in [0.05, 0.1) is 31.5 Å². The molecule has 7 heterocycles. The lowest BCUT2D eigenvalue weighted by molar-refractivity contribution is -0.305. The number of nitrogens with one attached hydrogen (secondary N) is 1. The van der Waals surface area contributed by atoms with Crippen molar-refractivity contribution in [1.82, 2.24) is 44.5 Å². The Balaban J connectivity index is 0.981. The minimum Gasteiger partial charge on any atom is -0.388 e. The van der Waals surface area contributed by atoms with Crippen LogP contribution in [0.2, 0.25) is 0 Å². The van der Waals surface area contributed by atoms with Crippen molar-refractivity contribution >= 4 is 42.9 Å². The van der Waals surface area contributed by atoms with E-state index in [2.05, 4.69) is 40.1 Å². The van der Waals surface area contributed by atoms with Gasteiger partial charge in [-0.2, -0.15) is 9.67 Å². The van der Waals surface area contributed by atoms with Gasteiger partial charge in [0.15, 0.2) is 46.7 Å². The van der Waals surface area contributed by atoms with Crippen LogP contribution >= 0.6 is 8.81 Å². The molecule has 7 rings (SSSR count). The molecule has 0 bridgehead atoms. The predicted molar refractivity (Wildman–Crippen MR) is 140 cm³/mol. The van der Waals surface area contributed by atoms with Crippen LogP contribution in [0.4, 0.5) is 11.8 Å². The van der Waals surface area contributed by atoms with Crippen LogP contribution < -0.4 is 17.0 Å². The molecule has 3 saturated heterocycles. The van der Waals surface area contributed by atoms with E-state index in [1.165, 1.54) is 21.9 Å². The fourth-order valence-corrected chi connectivity index (χ4v) is 6.53. The molecule has 0 spiro atoms. The smallest absolute Gasteiger partial charge is 0.280 e. The lowest BCUT2D eigenvalue weighted by Gasteiger charge is -2.31. The van der Waals surface area contributed by atoms with Crippen LogP contribution in [0.3, 0.4) is 0 Å². The van der Waals surface area contributed by atoms with Gasteiger partial charge in [-0.15, -0.1) is 5.10 Å². The summed E-state index contributed by atoms with van der Waals surface area (Å²) in [6.07, 6.45) is -3.65. The molecule has 3 aliphatic heterocycles. The molecule has 0 amide bonds. The van der Waals surface area contributed by atoms with Gasteiger partial charge in [-0.1, -0.05) is 5.21 Å². The quantitative estimate of drug-likeness (QED) is 0.0743. The molecule has 4 aromatic heterocycles. The van der Waals surface area contributed by atoms with Crippen LogP contribution in [0, 0.1) is 5.92 Å². The van der Waals surface area contributed by atoms with E-state index in [0.717, 1.165) is 0 Å². The number of hydrogen-bond donors (Lipinski definition) is 6. The van der Waals surface area contributed by atoms with Gasteiger partial charge in [-0.3, -0.25) is 19.6 Å². The third-order valence-corrected chi connectivity index (χ3v) is 8.62. The molecule has 0 aromatic carbocycles. The minimum absolute atomic E-state index is 0.00244. The number of nitrogen functional groups attached to an aromatic ring is 2. The number of aliphatic hydroxyl groups is 2. The summed E-state index contributed by atoms with van der Waals surface area (Å²) in [5, 5.41) is 39.4. The Kier molecular flexibility index (Phi) is 6.95. The molecule has 42 heavy (non-hydrogen) atoms. The van der Waals surface area contributed by atoms with E-state index in [0.29, 0.717) is 17.6 Å². The normalized spacial score (nSPS) is 33.4.